The molecule has 16 rings (SSSR count). The Bertz CT molecular complexity index is 4830. The fourth-order valence-electron chi connectivity index (χ4n) is 12.4. The molecule has 0 radical (unpaired) electrons. The SMILES string of the molecule is c1ccc(-c2ccc3c(-c4cc(-c5ccc6ccc7cccc8ccc5c6c78)cc5c(-c6ccc7oc8ccccc8c7c6)cccc45)cc(-c4ccc5ccc6cccc7ccc4c5c67)cc3c2)cc1. The van der Waals surface area contributed by atoms with Crippen molar-refractivity contribution in [1.29, 1.82) is 0 Å². The summed E-state index contributed by atoms with van der Waals surface area (Å²) in [4.78, 5) is 0. The van der Waals surface area contributed by atoms with Crippen LogP contribution in [0, 0.1) is 0 Å². The maximum Gasteiger partial charge on any atom is 0.135 e. The van der Waals surface area contributed by atoms with Gasteiger partial charge in [-0.1, -0.05) is 194 Å². The van der Waals surface area contributed by atoms with Crippen LogP contribution in [0.25, 0.3) is 164 Å². The number of hydrogen-bond donors (Lipinski definition) is 0. The molecule has 0 amide bonds. The number of para-hydroxylation sites is 1. The first-order valence-corrected chi connectivity index (χ1v) is 24.6. The highest BCUT2D eigenvalue weighted by molar-refractivity contribution is 6.27. The third kappa shape index (κ3) is 5.69. The molecule has 0 aliphatic rings. The van der Waals surface area contributed by atoms with Gasteiger partial charge in [0.15, 0.2) is 0 Å². The second-order valence-corrected chi connectivity index (χ2v) is 19.5. The van der Waals surface area contributed by atoms with E-state index in [4.69, 9.17) is 4.42 Å². The minimum atomic E-state index is 0.898. The molecule has 1 heterocycles. The molecule has 0 atom stereocenters. The Morgan fingerprint density at radius 1 is 0.183 bits per heavy atom. The molecule has 0 spiro atoms. The highest BCUT2D eigenvalue weighted by Gasteiger charge is 2.21. The summed E-state index contributed by atoms with van der Waals surface area (Å²) < 4.78 is 6.36. The zero-order valence-corrected chi connectivity index (χ0v) is 38.5. The number of hydrogen-bond acceptors (Lipinski definition) is 1. The van der Waals surface area contributed by atoms with Crippen LogP contribution in [0.5, 0.6) is 0 Å². The molecule has 0 unspecified atom stereocenters. The van der Waals surface area contributed by atoms with E-state index in [1.54, 1.807) is 0 Å². The second kappa shape index (κ2) is 14.6. The maximum absolute atomic E-state index is 6.36. The first kappa shape index (κ1) is 38.6. The van der Waals surface area contributed by atoms with Gasteiger partial charge in [0, 0.05) is 10.8 Å². The zero-order chi connectivity index (χ0) is 46.3. The zero-order valence-electron chi connectivity index (χ0n) is 38.5. The van der Waals surface area contributed by atoms with Gasteiger partial charge in [-0.3, -0.25) is 0 Å². The van der Waals surface area contributed by atoms with E-state index in [0.717, 1.165) is 27.5 Å². The Labute approximate surface area is 408 Å². The van der Waals surface area contributed by atoms with Crippen LogP contribution in [-0.4, -0.2) is 0 Å². The first-order chi connectivity index (χ1) is 35.2. The van der Waals surface area contributed by atoms with Crippen LogP contribution in [-0.2, 0) is 0 Å². The summed E-state index contributed by atoms with van der Waals surface area (Å²) in [6, 6.07) is 90.8. The van der Waals surface area contributed by atoms with Gasteiger partial charge in [0.25, 0.3) is 0 Å². The van der Waals surface area contributed by atoms with Crippen LogP contribution >= 0.6 is 0 Å². The number of fused-ring (bicyclic) bond motifs is 5. The molecule has 0 bridgehead atoms. The lowest BCUT2D eigenvalue weighted by atomic mass is 9.84. The van der Waals surface area contributed by atoms with Crippen LogP contribution in [0.15, 0.2) is 247 Å². The summed E-state index contributed by atoms with van der Waals surface area (Å²) >= 11 is 0. The molecule has 1 nitrogen and oxygen atoms in total. The van der Waals surface area contributed by atoms with Crippen LogP contribution < -0.4 is 0 Å². The summed E-state index contributed by atoms with van der Waals surface area (Å²) in [7, 11) is 0. The molecule has 0 N–H and O–H groups in total. The van der Waals surface area contributed by atoms with E-state index in [1.165, 1.54) is 136 Å². The number of benzene rings is 15. The van der Waals surface area contributed by atoms with Crippen molar-refractivity contribution in [1.82, 2.24) is 0 Å². The molecule has 326 valence electrons. The van der Waals surface area contributed by atoms with Crippen molar-refractivity contribution in [2.45, 2.75) is 0 Å². The number of furan rings is 1. The highest BCUT2D eigenvalue weighted by atomic mass is 16.3. The van der Waals surface area contributed by atoms with E-state index >= 15 is 0 Å². The van der Waals surface area contributed by atoms with Crippen molar-refractivity contribution < 1.29 is 4.42 Å². The standard InChI is InChI=1S/C70H40O/c1-2-9-41(10-3-1)48-27-31-56-50(35-48)36-51(54-29-23-46-21-19-42-11-6-13-44-25-32-59(54)69(46)67(42)44)38-62(56)63-40-52(55-30-24-47-22-20-43-12-7-14-45-26-33-60(55)70(47)68(43)45)39-61-53(16-8-17-57(61)63)49-28-34-66-64(37-49)58-15-4-5-18-65(58)71-66/h1-40H. The van der Waals surface area contributed by atoms with Crippen LogP contribution in [0.3, 0.4) is 0 Å². The van der Waals surface area contributed by atoms with Crippen molar-refractivity contribution in [3.63, 3.8) is 0 Å². The molecule has 0 saturated heterocycles. The van der Waals surface area contributed by atoms with Crippen LogP contribution in [0.1, 0.15) is 0 Å². The monoisotopic (exact) mass is 896 g/mol. The molecule has 71 heavy (non-hydrogen) atoms. The molecule has 0 aliphatic carbocycles. The summed E-state index contributed by atoms with van der Waals surface area (Å²) in [5, 5.41) is 22.6. The number of rotatable bonds is 5. The van der Waals surface area contributed by atoms with Crippen molar-refractivity contribution in [3.05, 3.63) is 243 Å². The Hall–Kier alpha value is -9.30. The van der Waals surface area contributed by atoms with Gasteiger partial charge in [0.2, 0.25) is 0 Å². The van der Waals surface area contributed by atoms with E-state index in [0.29, 0.717) is 0 Å². The summed E-state index contributed by atoms with van der Waals surface area (Å²) in [5.41, 5.74) is 13.8. The van der Waals surface area contributed by atoms with E-state index in [2.05, 4.69) is 237 Å². The second-order valence-electron chi connectivity index (χ2n) is 19.5. The van der Waals surface area contributed by atoms with Gasteiger partial charge >= 0.3 is 0 Å². The van der Waals surface area contributed by atoms with Crippen LogP contribution in [0.4, 0.5) is 0 Å². The molecular formula is C70H40O. The van der Waals surface area contributed by atoms with Crippen molar-refractivity contribution in [2.24, 2.45) is 0 Å². The smallest absolute Gasteiger partial charge is 0.135 e. The lowest BCUT2D eigenvalue weighted by Gasteiger charge is -2.20. The van der Waals surface area contributed by atoms with Gasteiger partial charge in [-0.2, -0.15) is 0 Å². The predicted molar refractivity (Wildman–Crippen MR) is 303 cm³/mol. The lowest BCUT2D eigenvalue weighted by molar-refractivity contribution is 0.669. The molecule has 1 aromatic heterocycles. The molecule has 1 heteroatoms. The van der Waals surface area contributed by atoms with Gasteiger partial charge in [-0.15, -0.1) is 0 Å². The summed E-state index contributed by atoms with van der Waals surface area (Å²) in [5.74, 6) is 0. The maximum atomic E-state index is 6.36. The first-order valence-electron chi connectivity index (χ1n) is 24.6. The van der Waals surface area contributed by atoms with E-state index in [1.807, 2.05) is 6.07 Å². The molecule has 0 aliphatic heterocycles. The van der Waals surface area contributed by atoms with E-state index in [-0.39, 0.29) is 0 Å². The van der Waals surface area contributed by atoms with Crippen molar-refractivity contribution >= 4 is 108 Å². The normalized spacial score (nSPS) is 12.2. The Balaban J connectivity index is 1.02. The lowest BCUT2D eigenvalue weighted by Crippen LogP contribution is -1.93. The Kier molecular flexibility index (Phi) is 7.95. The van der Waals surface area contributed by atoms with Gasteiger partial charge in [-0.25, -0.2) is 0 Å². The summed E-state index contributed by atoms with van der Waals surface area (Å²) in [6.45, 7) is 0. The third-order valence-corrected chi connectivity index (χ3v) is 15.7. The highest BCUT2D eigenvalue weighted by Crippen LogP contribution is 2.48. The topological polar surface area (TPSA) is 13.1 Å². The van der Waals surface area contributed by atoms with E-state index in [9.17, 15) is 0 Å². The minimum Gasteiger partial charge on any atom is -0.456 e. The predicted octanol–water partition coefficient (Wildman–Crippen LogP) is 20.0. The molecule has 16 aromatic rings. The molecular weight excluding hydrogens is 857 g/mol. The quantitative estimate of drug-likeness (QED) is 0.157. The molecule has 0 fully saturated rings. The van der Waals surface area contributed by atoms with Crippen molar-refractivity contribution in [2.75, 3.05) is 0 Å². The fraction of sp³-hybridized carbons (Fsp3) is 0. The average molecular weight is 897 g/mol. The Morgan fingerprint density at radius 2 is 0.662 bits per heavy atom. The van der Waals surface area contributed by atoms with Crippen molar-refractivity contribution in [3.8, 4) is 55.6 Å². The van der Waals surface area contributed by atoms with Crippen LogP contribution in [0.2, 0.25) is 0 Å². The fourth-order valence-corrected chi connectivity index (χ4v) is 12.4. The summed E-state index contributed by atoms with van der Waals surface area (Å²) in [6.07, 6.45) is 0. The van der Waals surface area contributed by atoms with Gasteiger partial charge < -0.3 is 4.42 Å². The van der Waals surface area contributed by atoms with E-state index < -0.39 is 0 Å². The average Bonchev–Trinajstić information content (AvgIpc) is 3.81. The van der Waals surface area contributed by atoms with Gasteiger partial charge in [-0.05, 0) is 190 Å². The molecule has 0 saturated carbocycles. The third-order valence-electron chi connectivity index (χ3n) is 15.7. The van der Waals surface area contributed by atoms with Gasteiger partial charge in [0.1, 0.15) is 11.2 Å². The molecule has 15 aromatic carbocycles. The Morgan fingerprint density at radius 3 is 1.35 bits per heavy atom. The largest absolute Gasteiger partial charge is 0.456 e. The van der Waals surface area contributed by atoms with Gasteiger partial charge in [0.05, 0.1) is 0 Å². The minimum absolute atomic E-state index is 0.898.